The molecule has 33 heavy (non-hydrogen) atoms. The molecule has 2 amide bonds. The molecule has 0 saturated carbocycles. The summed E-state index contributed by atoms with van der Waals surface area (Å²) in [6.45, 7) is 9.26. The third kappa shape index (κ3) is 8.77. The zero-order valence-electron chi connectivity index (χ0n) is 20.6. The summed E-state index contributed by atoms with van der Waals surface area (Å²) in [6.07, 6.45) is 2.52. The van der Waals surface area contributed by atoms with E-state index >= 15 is 0 Å². The molecule has 0 heterocycles. The number of rotatable bonds is 13. The van der Waals surface area contributed by atoms with Gasteiger partial charge in [-0.3, -0.25) is 9.59 Å². The second-order valence-electron chi connectivity index (χ2n) is 8.43. The van der Waals surface area contributed by atoms with Gasteiger partial charge in [0.2, 0.25) is 11.8 Å². The third-order valence-corrected chi connectivity index (χ3v) is 6.49. The molecule has 2 rings (SSSR count). The molecular formula is C27H38N2O3S. The molecule has 0 aliphatic carbocycles. The van der Waals surface area contributed by atoms with Gasteiger partial charge in [0.05, 0.1) is 12.9 Å². The molecule has 0 aromatic heterocycles. The number of carbonyl (C=O) groups excluding carboxylic acids is 2. The number of hydrogen-bond acceptors (Lipinski definition) is 4. The molecule has 0 fully saturated rings. The average Bonchev–Trinajstić information content (AvgIpc) is 2.79. The number of carbonyl (C=O) groups is 2. The van der Waals surface area contributed by atoms with Crippen molar-refractivity contribution in [1.82, 2.24) is 10.2 Å². The third-order valence-electron chi connectivity index (χ3n) is 5.50. The first-order valence-corrected chi connectivity index (χ1v) is 12.9. The van der Waals surface area contributed by atoms with Gasteiger partial charge < -0.3 is 15.0 Å². The lowest BCUT2D eigenvalue weighted by Gasteiger charge is -2.30. The summed E-state index contributed by atoms with van der Waals surface area (Å²) >= 11 is 1.59. The van der Waals surface area contributed by atoms with Gasteiger partial charge in [-0.15, -0.1) is 11.8 Å². The van der Waals surface area contributed by atoms with Crippen molar-refractivity contribution in [2.45, 2.75) is 65.3 Å². The molecule has 0 aliphatic heterocycles. The lowest BCUT2D eigenvalue weighted by molar-refractivity contribution is -0.139. The Bertz CT molecular complexity index is 878. The summed E-state index contributed by atoms with van der Waals surface area (Å²) in [4.78, 5) is 28.0. The summed E-state index contributed by atoms with van der Waals surface area (Å²) in [5.41, 5.74) is 4.65. The minimum absolute atomic E-state index is 0.0160. The number of amides is 2. The Balaban J connectivity index is 2.12. The normalized spacial score (nSPS) is 11.7. The van der Waals surface area contributed by atoms with Crippen LogP contribution < -0.4 is 10.1 Å². The van der Waals surface area contributed by atoms with Crippen LogP contribution in [0.1, 0.15) is 55.4 Å². The SMILES string of the molecule is CCCCNC(=O)C(CC)N(Cc1ccc(OC)cc1)C(=O)CSCc1cc(C)cc(C)c1. The second kappa shape index (κ2) is 13.9. The first kappa shape index (κ1) is 26.8. The van der Waals surface area contributed by atoms with Gasteiger partial charge in [-0.2, -0.15) is 0 Å². The zero-order valence-corrected chi connectivity index (χ0v) is 21.5. The van der Waals surface area contributed by atoms with E-state index in [4.69, 9.17) is 4.74 Å². The van der Waals surface area contributed by atoms with Gasteiger partial charge in [0, 0.05) is 18.8 Å². The fraction of sp³-hybridized carbons (Fsp3) is 0.481. The van der Waals surface area contributed by atoms with E-state index < -0.39 is 6.04 Å². The van der Waals surface area contributed by atoms with Crippen LogP contribution >= 0.6 is 11.8 Å². The number of methoxy groups -OCH3 is 1. The van der Waals surface area contributed by atoms with E-state index in [0.29, 0.717) is 25.3 Å². The molecule has 1 N–H and O–H groups in total. The van der Waals surface area contributed by atoms with Gasteiger partial charge in [-0.05, 0) is 49.9 Å². The maximum atomic E-state index is 13.3. The lowest BCUT2D eigenvalue weighted by Crippen LogP contribution is -2.49. The highest BCUT2D eigenvalue weighted by Crippen LogP contribution is 2.20. The summed E-state index contributed by atoms with van der Waals surface area (Å²) in [5.74, 6) is 1.78. The summed E-state index contributed by atoms with van der Waals surface area (Å²) < 4.78 is 5.25. The molecule has 0 saturated heterocycles. The Morgan fingerprint density at radius 1 is 1.03 bits per heavy atom. The first-order chi connectivity index (χ1) is 15.9. The molecule has 1 atom stereocenters. The molecule has 5 nitrogen and oxygen atoms in total. The number of ether oxygens (including phenoxy) is 1. The summed E-state index contributed by atoms with van der Waals surface area (Å²) in [5, 5.41) is 3.01. The Kier molecular flexibility index (Phi) is 11.3. The fourth-order valence-electron chi connectivity index (χ4n) is 3.84. The molecule has 2 aromatic rings. The number of nitrogens with zero attached hydrogens (tertiary/aromatic N) is 1. The Labute approximate surface area is 203 Å². The summed E-state index contributed by atoms with van der Waals surface area (Å²) in [7, 11) is 1.63. The fourth-order valence-corrected chi connectivity index (χ4v) is 4.69. The Morgan fingerprint density at radius 3 is 2.27 bits per heavy atom. The van der Waals surface area contributed by atoms with E-state index in [1.54, 1.807) is 23.8 Å². The predicted molar refractivity (Wildman–Crippen MR) is 138 cm³/mol. The van der Waals surface area contributed by atoms with E-state index in [9.17, 15) is 9.59 Å². The quantitative estimate of drug-likeness (QED) is 0.405. The molecule has 1 unspecified atom stereocenters. The van der Waals surface area contributed by atoms with Crippen molar-refractivity contribution < 1.29 is 14.3 Å². The number of thioether (sulfide) groups is 1. The molecule has 0 radical (unpaired) electrons. The maximum Gasteiger partial charge on any atom is 0.242 e. The highest BCUT2D eigenvalue weighted by atomic mass is 32.2. The highest BCUT2D eigenvalue weighted by molar-refractivity contribution is 7.99. The smallest absolute Gasteiger partial charge is 0.242 e. The van der Waals surface area contributed by atoms with Crippen LogP contribution in [0.15, 0.2) is 42.5 Å². The van der Waals surface area contributed by atoms with Crippen LogP contribution in [0.5, 0.6) is 5.75 Å². The molecular weight excluding hydrogens is 432 g/mol. The van der Waals surface area contributed by atoms with E-state index in [1.807, 2.05) is 31.2 Å². The van der Waals surface area contributed by atoms with E-state index in [0.717, 1.165) is 29.9 Å². The van der Waals surface area contributed by atoms with Crippen LogP contribution in [0.3, 0.4) is 0 Å². The van der Waals surface area contributed by atoms with Crippen LogP contribution in [0, 0.1) is 13.8 Å². The second-order valence-corrected chi connectivity index (χ2v) is 9.41. The van der Waals surface area contributed by atoms with Crippen molar-refractivity contribution in [1.29, 1.82) is 0 Å². The van der Waals surface area contributed by atoms with Crippen LogP contribution in [-0.2, 0) is 21.9 Å². The van der Waals surface area contributed by atoms with Gasteiger partial charge in [-0.1, -0.05) is 61.7 Å². The first-order valence-electron chi connectivity index (χ1n) is 11.7. The minimum Gasteiger partial charge on any atom is -0.497 e. The molecule has 0 spiro atoms. The van der Waals surface area contributed by atoms with Gasteiger partial charge in [-0.25, -0.2) is 0 Å². The van der Waals surface area contributed by atoms with E-state index in [1.165, 1.54) is 16.7 Å². The van der Waals surface area contributed by atoms with Crippen molar-refractivity contribution >= 4 is 23.6 Å². The van der Waals surface area contributed by atoms with Crippen LogP contribution in [0.4, 0.5) is 0 Å². The van der Waals surface area contributed by atoms with Gasteiger partial charge in [0.15, 0.2) is 0 Å². The van der Waals surface area contributed by atoms with Crippen molar-refractivity contribution in [2.75, 3.05) is 19.4 Å². The van der Waals surface area contributed by atoms with Gasteiger partial charge >= 0.3 is 0 Å². The van der Waals surface area contributed by atoms with Gasteiger partial charge in [0.1, 0.15) is 11.8 Å². The lowest BCUT2D eigenvalue weighted by atomic mass is 10.1. The van der Waals surface area contributed by atoms with Crippen LogP contribution in [0.25, 0.3) is 0 Å². The number of unbranched alkanes of at least 4 members (excludes halogenated alkanes) is 1. The van der Waals surface area contributed by atoms with E-state index in [2.05, 4.69) is 44.3 Å². The molecule has 6 heteroatoms. The van der Waals surface area contributed by atoms with Crippen molar-refractivity contribution in [3.8, 4) is 5.75 Å². The number of nitrogens with one attached hydrogen (secondary N) is 1. The van der Waals surface area contributed by atoms with Crippen molar-refractivity contribution in [3.63, 3.8) is 0 Å². The molecule has 0 bridgehead atoms. The standard InChI is InChI=1S/C27H38N2O3S/c1-6-8-13-28-27(31)25(7-2)29(17-22-9-11-24(32-5)12-10-22)26(30)19-33-18-23-15-20(3)14-21(4)16-23/h9-12,14-16,25H,6-8,13,17-19H2,1-5H3,(H,28,31). The minimum atomic E-state index is -0.488. The molecule has 180 valence electrons. The largest absolute Gasteiger partial charge is 0.497 e. The topological polar surface area (TPSA) is 58.6 Å². The Morgan fingerprint density at radius 2 is 1.70 bits per heavy atom. The average molecular weight is 471 g/mol. The van der Waals surface area contributed by atoms with Crippen LogP contribution in [-0.4, -0.2) is 42.2 Å². The van der Waals surface area contributed by atoms with Gasteiger partial charge in [0.25, 0.3) is 0 Å². The van der Waals surface area contributed by atoms with Crippen molar-refractivity contribution in [2.24, 2.45) is 0 Å². The monoisotopic (exact) mass is 470 g/mol. The molecule has 2 aromatic carbocycles. The molecule has 0 aliphatic rings. The number of benzene rings is 2. The highest BCUT2D eigenvalue weighted by Gasteiger charge is 2.28. The Hall–Kier alpha value is -2.47. The van der Waals surface area contributed by atoms with Crippen LogP contribution in [0.2, 0.25) is 0 Å². The predicted octanol–water partition coefficient (Wildman–Crippen LogP) is 5.27. The maximum absolute atomic E-state index is 13.3. The number of aryl methyl sites for hydroxylation is 2. The van der Waals surface area contributed by atoms with E-state index in [-0.39, 0.29) is 11.8 Å². The van der Waals surface area contributed by atoms with Crippen molar-refractivity contribution in [3.05, 3.63) is 64.7 Å². The summed E-state index contributed by atoms with van der Waals surface area (Å²) in [6, 6.07) is 13.7. The zero-order chi connectivity index (χ0) is 24.2. The number of hydrogen-bond donors (Lipinski definition) is 1.